The van der Waals surface area contributed by atoms with Gasteiger partial charge in [0.2, 0.25) is 5.91 Å². The van der Waals surface area contributed by atoms with Crippen molar-refractivity contribution in [2.45, 2.75) is 25.0 Å². The van der Waals surface area contributed by atoms with E-state index in [-0.39, 0.29) is 25.0 Å². The maximum absolute atomic E-state index is 12.4. The Kier molecular flexibility index (Phi) is 6.16. The molecule has 24 heavy (non-hydrogen) atoms. The molecule has 1 heterocycles. The van der Waals surface area contributed by atoms with Crippen molar-refractivity contribution >= 4 is 11.9 Å². The first-order chi connectivity index (χ1) is 11.4. The minimum absolute atomic E-state index is 0.0388. The zero-order chi connectivity index (χ0) is 17.7. The number of aryl methyl sites for hydroxylation is 1. The molecule has 7 nitrogen and oxygen atoms in total. The lowest BCUT2D eigenvalue weighted by atomic mass is 10.1. The number of likely N-dealkylation sites (tertiary alicyclic amines) is 1. The standard InChI is InChI=1S/C17H24N2O5/c1-18(11-17(22)23)14-9-19(10-15(14)20)16(21)7-6-12-4-3-5-13(8-12)24-2/h3-5,8,14-15,20H,6-7,9-11H2,1-2H3,(H,22,23)/t14-,15+/m0/s1. The molecule has 1 amide bonds. The Bertz CT molecular complexity index is 592. The number of rotatable bonds is 7. The molecule has 1 aromatic carbocycles. The van der Waals surface area contributed by atoms with Gasteiger partial charge >= 0.3 is 5.97 Å². The fraction of sp³-hybridized carbons (Fsp3) is 0.529. The second kappa shape index (κ2) is 8.12. The van der Waals surface area contributed by atoms with E-state index < -0.39 is 12.1 Å². The van der Waals surface area contributed by atoms with Crippen molar-refractivity contribution in [1.82, 2.24) is 9.80 Å². The Labute approximate surface area is 141 Å². The number of amides is 1. The largest absolute Gasteiger partial charge is 0.497 e. The number of methoxy groups -OCH3 is 1. The Hall–Kier alpha value is -2.12. The van der Waals surface area contributed by atoms with Gasteiger partial charge in [-0.15, -0.1) is 0 Å². The summed E-state index contributed by atoms with van der Waals surface area (Å²) in [6, 6.07) is 7.23. The fourth-order valence-corrected chi connectivity index (χ4v) is 2.97. The Morgan fingerprint density at radius 3 is 2.79 bits per heavy atom. The number of hydrogen-bond acceptors (Lipinski definition) is 5. The summed E-state index contributed by atoms with van der Waals surface area (Å²) in [6.45, 7) is 0.432. The minimum atomic E-state index is -0.951. The van der Waals surface area contributed by atoms with Crippen LogP contribution in [0.3, 0.4) is 0 Å². The monoisotopic (exact) mass is 336 g/mol. The molecule has 1 aliphatic rings. The number of nitrogens with zero attached hydrogens (tertiary/aromatic N) is 2. The molecule has 2 N–H and O–H groups in total. The third-order valence-electron chi connectivity index (χ3n) is 4.32. The minimum Gasteiger partial charge on any atom is -0.497 e. The number of aliphatic hydroxyl groups excluding tert-OH is 1. The average Bonchev–Trinajstić information content (AvgIpc) is 2.94. The molecule has 0 saturated carbocycles. The van der Waals surface area contributed by atoms with E-state index in [9.17, 15) is 14.7 Å². The number of carboxylic acids is 1. The number of carboxylic acid groups (broad SMARTS) is 1. The SMILES string of the molecule is COc1cccc(CCC(=O)N2C[C@@H](O)[C@@H](N(C)CC(=O)O)C2)c1. The number of β-amino-alcohol motifs (C(OH)–C–C–N with tert-alkyl or cyclic N) is 1. The molecule has 2 atom stereocenters. The summed E-state index contributed by atoms with van der Waals surface area (Å²) in [4.78, 5) is 26.3. The van der Waals surface area contributed by atoms with Gasteiger partial charge in [0.1, 0.15) is 5.75 Å². The molecule has 0 spiro atoms. The molecule has 1 aromatic rings. The molecular formula is C17H24N2O5. The van der Waals surface area contributed by atoms with Crippen molar-refractivity contribution in [2.75, 3.05) is 33.8 Å². The van der Waals surface area contributed by atoms with Crippen LogP contribution in [0.25, 0.3) is 0 Å². The summed E-state index contributed by atoms with van der Waals surface area (Å²) >= 11 is 0. The number of likely N-dealkylation sites (N-methyl/N-ethyl adjacent to an activating group) is 1. The van der Waals surface area contributed by atoms with Gasteiger partial charge in [-0.3, -0.25) is 14.5 Å². The highest BCUT2D eigenvalue weighted by Gasteiger charge is 2.36. The second-order valence-electron chi connectivity index (χ2n) is 6.09. The van der Waals surface area contributed by atoms with Gasteiger partial charge in [0.25, 0.3) is 0 Å². The molecule has 0 aromatic heterocycles. The molecule has 0 unspecified atom stereocenters. The van der Waals surface area contributed by atoms with E-state index in [0.29, 0.717) is 19.4 Å². The van der Waals surface area contributed by atoms with Gasteiger partial charge in [0, 0.05) is 19.5 Å². The Morgan fingerprint density at radius 2 is 2.12 bits per heavy atom. The van der Waals surface area contributed by atoms with Crippen LogP contribution >= 0.6 is 0 Å². The Balaban J connectivity index is 1.87. The number of aliphatic hydroxyl groups is 1. The average molecular weight is 336 g/mol. The second-order valence-corrected chi connectivity index (χ2v) is 6.09. The maximum atomic E-state index is 12.4. The number of carbonyl (C=O) groups excluding carboxylic acids is 1. The summed E-state index contributed by atoms with van der Waals surface area (Å²) in [5.41, 5.74) is 1.02. The molecular weight excluding hydrogens is 312 g/mol. The van der Waals surface area contributed by atoms with Gasteiger partial charge in [-0.25, -0.2) is 0 Å². The topological polar surface area (TPSA) is 90.3 Å². The molecule has 0 bridgehead atoms. The summed E-state index contributed by atoms with van der Waals surface area (Å²) in [7, 11) is 3.25. The van der Waals surface area contributed by atoms with Crippen molar-refractivity contribution in [3.05, 3.63) is 29.8 Å². The van der Waals surface area contributed by atoms with Gasteiger partial charge in [-0.2, -0.15) is 0 Å². The third kappa shape index (κ3) is 4.69. The predicted molar refractivity (Wildman–Crippen MR) is 88.0 cm³/mol. The Morgan fingerprint density at radius 1 is 1.38 bits per heavy atom. The number of benzene rings is 1. The summed E-state index contributed by atoms with van der Waals surface area (Å²) in [5.74, 6) is -0.234. The fourth-order valence-electron chi connectivity index (χ4n) is 2.97. The molecule has 132 valence electrons. The number of hydrogen-bond donors (Lipinski definition) is 2. The normalized spacial score (nSPS) is 20.4. The summed E-state index contributed by atoms with van der Waals surface area (Å²) in [5, 5.41) is 18.9. The first kappa shape index (κ1) is 18.2. The lowest BCUT2D eigenvalue weighted by molar-refractivity contribution is -0.138. The maximum Gasteiger partial charge on any atom is 0.317 e. The van der Waals surface area contributed by atoms with E-state index in [4.69, 9.17) is 9.84 Å². The molecule has 0 radical (unpaired) electrons. The number of carbonyl (C=O) groups is 2. The highest BCUT2D eigenvalue weighted by atomic mass is 16.5. The van der Waals surface area contributed by atoms with Crippen molar-refractivity contribution in [2.24, 2.45) is 0 Å². The van der Waals surface area contributed by atoms with Gasteiger partial charge in [0.05, 0.1) is 25.8 Å². The first-order valence-electron chi connectivity index (χ1n) is 7.91. The van der Waals surface area contributed by atoms with Gasteiger partial charge in [-0.05, 0) is 31.2 Å². The number of aliphatic carboxylic acids is 1. The van der Waals surface area contributed by atoms with Crippen LogP contribution in [0.5, 0.6) is 5.75 Å². The van der Waals surface area contributed by atoms with Crippen LogP contribution in [-0.4, -0.2) is 77.8 Å². The molecule has 1 fully saturated rings. The zero-order valence-corrected chi connectivity index (χ0v) is 14.0. The highest BCUT2D eigenvalue weighted by Crippen LogP contribution is 2.18. The van der Waals surface area contributed by atoms with E-state index in [1.807, 2.05) is 24.3 Å². The molecule has 0 aliphatic carbocycles. The van der Waals surface area contributed by atoms with Crippen molar-refractivity contribution < 1.29 is 24.5 Å². The van der Waals surface area contributed by atoms with Crippen LogP contribution in [0.1, 0.15) is 12.0 Å². The zero-order valence-electron chi connectivity index (χ0n) is 14.0. The smallest absolute Gasteiger partial charge is 0.317 e. The van der Waals surface area contributed by atoms with Gasteiger partial charge < -0.3 is 19.8 Å². The molecule has 2 rings (SSSR count). The lowest BCUT2D eigenvalue weighted by Crippen LogP contribution is -2.43. The van der Waals surface area contributed by atoms with Crippen molar-refractivity contribution in [3.8, 4) is 5.75 Å². The highest BCUT2D eigenvalue weighted by molar-refractivity contribution is 5.77. The summed E-state index contributed by atoms with van der Waals surface area (Å²) < 4.78 is 5.17. The van der Waals surface area contributed by atoms with Crippen molar-refractivity contribution in [3.63, 3.8) is 0 Å². The molecule has 7 heteroatoms. The van der Waals surface area contributed by atoms with Crippen LogP contribution in [0.2, 0.25) is 0 Å². The van der Waals surface area contributed by atoms with Crippen LogP contribution in [0.15, 0.2) is 24.3 Å². The van der Waals surface area contributed by atoms with E-state index >= 15 is 0 Å². The number of ether oxygens (including phenoxy) is 1. The first-order valence-corrected chi connectivity index (χ1v) is 7.91. The molecule has 1 aliphatic heterocycles. The quantitative estimate of drug-likeness (QED) is 0.740. The van der Waals surface area contributed by atoms with E-state index in [1.54, 1.807) is 24.0 Å². The lowest BCUT2D eigenvalue weighted by Gasteiger charge is -2.24. The van der Waals surface area contributed by atoms with Crippen molar-refractivity contribution in [1.29, 1.82) is 0 Å². The molecule has 1 saturated heterocycles. The van der Waals surface area contributed by atoms with Gasteiger partial charge in [-0.1, -0.05) is 12.1 Å². The third-order valence-corrected chi connectivity index (χ3v) is 4.32. The van der Waals surface area contributed by atoms with Crippen LogP contribution in [-0.2, 0) is 16.0 Å². The van der Waals surface area contributed by atoms with E-state index in [0.717, 1.165) is 11.3 Å². The predicted octanol–water partition coefficient (Wildman–Crippen LogP) is 0.216. The van der Waals surface area contributed by atoms with Crippen LogP contribution in [0.4, 0.5) is 0 Å². The van der Waals surface area contributed by atoms with Crippen LogP contribution < -0.4 is 4.74 Å². The van der Waals surface area contributed by atoms with E-state index in [1.165, 1.54) is 0 Å². The summed E-state index contributed by atoms with van der Waals surface area (Å²) in [6.07, 6.45) is 0.211. The van der Waals surface area contributed by atoms with Gasteiger partial charge in [0.15, 0.2) is 0 Å². The van der Waals surface area contributed by atoms with E-state index in [2.05, 4.69) is 0 Å². The van der Waals surface area contributed by atoms with Crippen LogP contribution in [0, 0.1) is 0 Å².